The summed E-state index contributed by atoms with van der Waals surface area (Å²) in [5, 5.41) is 7.96. The second kappa shape index (κ2) is 7.55. The zero-order chi connectivity index (χ0) is 17.9. The van der Waals surface area contributed by atoms with Crippen LogP contribution >= 0.6 is 0 Å². The number of aryl methyl sites for hydroxylation is 1. The van der Waals surface area contributed by atoms with E-state index in [1.165, 1.54) is 0 Å². The number of nitrogens with zero attached hydrogens (tertiary/aromatic N) is 5. The summed E-state index contributed by atoms with van der Waals surface area (Å²) in [6.07, 6.45) is 2.00. The van der Waals surface area contributed by atoms with Crippen molar-refractivity contribution >= 4 is 11.6 Å². The highest BCUT2D eigenvalue weighted by Gasteiger charge is 2.35. The molecule has 2 aromatic rings. The molecule has 4 rings (SSSR count). The third-order valence-corrected chi connectivity index (χ3v) is 5.25. The van der Waals surface area contributed by atoms with Crippen LogP contribution in [-0.2, 0) is 11.3 Å². The van der Waals surface area contributed by atoms with Crippen molar-refractivity contribution in [1.82, 2.24) is 20.0 Å². The average Bonchev–Trinajstić information content (AvgIpc) is 3.08. The van der Waals surface area contributed by atoms with Crippen LogP contribution in [0.4, 0.5) is 5.69 Å². The van der Waals surface area contributed by atoms with Crippen LogP contribution in [0.2, 0.25) is 0 Å². The summed E-state index contributed by atoms with van der Waals surface area (Å²) in [5.74, 6) is 1.51. The third-order valence-electron chi connectivity index (χ3n) is 5.25. The predicted octanol–water partition coefficient (Wildman–Crippen LogP) is 1.69. The van der Waals surface area contributed by atoms with Crippen molar-refractivity contribution in [3.63, 3.8) is 0 Å². The Morgan fingerprint density at radius 1 is 1.08 bits per heavy atom. The number of piperazine rings is 1. The van der Waals surface area contributed by atoms with Gasteiger partial charge in [-0.1, -0.05) is 18.2 Å². The molecule has 138 valence electrons. The van der Waals surface area contributed by atoms with Gasteiger partial charge < -0.3 is 9.32 Å². The van der Waals surface area contributed by atoms with Gasteiger partial charge in [0.05, 0.1) is 12.6 Å². The Morgan fingerprint density at radius 2 is 1.85 bits per heavy atom. The Balaban J connectivity index is 1.35. The van der Waals surface area contributed by atoms with Gasteiger partial charge in [0.1, 0.15) is 0 Å². The Labute approximate surface area is 153 Å². The van der Waals surface area contributed by atoms with Crippen molar-refractivity contribution in [2.24, 2.45) is 0 Å². The molecule has 0 bridgehead atoms. The molecule has 7 heteroatoms. The molecule has 0 saturated carbocycles. The topological polar surface area (TPSA) is 65.7 Å². The van der Waals surface area contributed by atoms with Crippen molar-refractivity contribution in [1.29, 1.82) is 0 Å². The second-order valence-electron chi connectivity index (χ2n) is 7.01. The van der Waals surface area contributed by atoms with Gasteiger partial charge in [0.15, 0.2) is 0 Å². The van der Waals surface area contributed by atoms with E-state index in [4.69, 9.17) is 4.42 Å². The Bertz CT molecular complexity index is 739. The molecule has 2 aliphatic rings. The Morgan fingerprint density at radius 3 is 2.54 bits per heavy atom. The zero-order valence-electron chi connectivity index (χ0n) is 15.2. The van der Waals surface area contributed by atoms with Gasteiger partial charge in [0.25, 0.3) is 0 Å². The van der Waals surface area contributed by atoms with Gasteiger partial charge in [-0.2, -0.15) is 0 Å². The van der Waals surface area contributed by atoms with Crippen LogP contribution in [-0.4, -0.2) is 64.7 Å². The minimum absolute atomic E-state index is 0.00300. The van der Waals surface area contributed by atoms with Crippen LogP contribution in [0.1, 0.15) is 24.6 Å². The number of para-hydroxylation sites is 1. The van der Waals surface area contributed by atoms with Crippen LogP contribution in [0.25, 0.3) is 0 Å². The lowest BCUT2D eigenvalue weighted by Crippen LogP contribution is -2.57. The number of hydrogen-bond acceptors (Lipinski definition) is 6. The van der Waals surface area contributed by atoms with Crippen LogP contribution in [0.5, 0.6) is 0 Å². The molecule has 2 fully saturated rings. The fourth-order valence-corrected chi connectivity index (χ4v) is 3.89. The SMILES string of the molecule is Cc1nnc(CN2CCN([C@@H]3CCCN(c4ccccc4)C3=O)CC2)o1. The van der Waals surface area contributed by atoms with Gasteiger partial charge in [-0.25, -0.2) is 0 Å². The second-order valence-corrected chi connectivity index (χ2v) is 7.01. The van der Waals surface area contributed by atoms with E-state index in [1.54, 1.807) is 0 Å². The zero-order valence-corrected chi connectivity index (χ0v) is 15.2. The van der Waals surface area contributed by atoms with E-state index in [1.807, 2.05) is 42.2 Å². The molecule has 0 radical (unpaired) electrons. The van der Waals surface area contributed by atoms with Crippen molar-refractivity contribution in [3.05, 3.63) is 42.1 Å². The first kappa shape index (κ1) is 17.2. The maximum atomic E-state index is 13.0. The molecular formula is C19H25N5O2. The molecule has 1 aromatic carbocycles. The van der Waals surface area contributed by atoms with Crippen molar-refractivity contribution in [2.75, 3.05) is 37.6 Å². The monoisotopic (exact) mass is 355 g/mol. The van der Waals surface area contributed by atoms with Gasteiger partial charge >= 0.3 is 0 Å². The van der Waals surface area contributed by atoms with Crippen molar-refractivity contribution in [3.8, 4) is 0 Å². The molecule has 1 atom stereocenters. The van der Waals surface area contributed by atoms with Crippen LogP contribution in [0.15, 0.2) is 34.7 Å². The van der Waals surface area contributed by atoms with E-state index >= 15 is 0 Å². The minimum Gasteiger partial charge on any atom is -0.424 e. The lowest BCUT2D eigenvalue weighted by atomic mass is 10.0. The number of amides is 1. The van der Waals surface area contributed by atoms with Gasteiger partial charge in [-0.05, 0) is 25.0 Å². The summed E-state index contributed by atoms with van der Waals surface area (Å²) < 4.78 is 5.47. The first-order valence-corrected chi connectivity index (χ1v) is 9.32. The van der Waals surface area contributed by atoms with Gasteiger partial charge in [-0.3, -0.25) is 14.6 Å². The first-order valence-electron chi connectivity index (χ1n) is 9.32. The molecule has 2 saturated heterocycles. The van der Waals surface area contributed by atoms with E-state index in [9.17, 15) is 4.79 Å². The molecule has 3 heterocycles. The first-order chi connectivity index (χ1) is 12.7. The van der Waals surface area contributed by atoms with Crippen LogP contribution in [0, 0.1) is 6.92 Å². The number of benzene rings is 1. The Hall–Kier alpha value is -2.25. The fourth-order valence-electron chi connectivity index (χ4n) is 3.89. The molecule has 0 unspecified atom stereocenters. The largest absolute Gasteiger partial charge is 0.424 e. The number of aromatic nitrogens is 2. The lowest BCUT2D eigenvalue weighted by molar-refractivity contribution is -0.126. The number of rotatable bonds is 4. The highest BCUT2D eigenvalue weighted by atomic mass is 16.4. The smallest absolute Gasteiger partial charge is 0.244 e. The third kappa shape index (κ3) is 3.64. The summed E-state index contributed by atoms with van der Waals surface area (Å²) in [5.41, 5.74) is 1.01. The molecule has 1 aromatic heterocycles. The average molecular weight is 355 g/mol. The summed E-state index contributed by atoms with van der Waals surface area (Å²) in [4.78, 5) is 19.6. The maximum Gasteiger partial charge on any atom is 0.244 e. The lowest BCUT2D eigenvalue weighted by Gasteiger charge is -2.42. The van der Waals surface area contributed by atoms with Gasteiger partial charge in [-0.15, -0.1) is 10.2 Å². The number of carbonyl (C=O) groups excluding carboxylic acids is 1. The summed E-state index contributed by atoms with van der Waals surface area (Å²) >= 11 is 0. The van der Waals surface area contributed by atoms with E-state index in [-0.39, 0.29) is 11.9 Å². The molecule has 7 nitrogen and oxygen atoms in total. The quantitative estimate of drug-likeness (QED) is 0.832. The normalized spacial score (nSPS) is 22.7. The molecule has 2 aliphatic heterocycles. The number of anilines is 1. The van der Waals surface area contributed by atoms with E-state index in [0.717, 1.165) is 51.3 Å². The molecule has 26 heavy (non-hydrogen) atoms. The standard InChI is InChI=1S/C19H25N5O2/c1-15-20-21-18(26-15)14-22-10-12-23(13-11-22)17-8-5-9-24(19(17)25)16-6-3-2-4-7-16/h2-4,6-7,17H,5,8-14H2,1H3/t17-/m1/s1. The van der Waals surface area contributed by atoms with Gasteiger partial charge in [0.2, 0.25) is 17.7 Å². The number of carbonyl (C=O) groups is 1. The van der Waals surface area contributed by atoms with E-state index in [2.05, 4.69) is 20.0 Å². The number of hydrogen-bond donors (Lipinski definition) is 0. The predicted molar refractivity (Wildman–Crippen MR) is 97.7 cm³/mol. The van der Waals surface area contributed by atoms with E-state index in [0.29, 0.717) is 18.3 Å². The molecular weight excluding hydrogens is 330 g/mol. The van der Waals surface area contributed by atoms with Gasteiger partial charge in [0, 0.05) is 45.3 Å². The highest BCUT2D eigenvalue weighted by molar-refractivity contribution is 5.97. The fraction of sp³-hybridized carbons (Fsp3) is 0.526. The van der Waals surface area contributed by atoms with Crippen LogP contribution in [0.3, 0.4) is 0 Å². The van der Waals surface area contributed by atoms with Crippen LogP contribution < -0.4 is 4.90 Å². The van der Waals surface area contributed by atoms with Crippen molar-refractivity contribution < 1.29 is 9.21 Å². The van der Waals surface area contributed by atoms with Crippen molar-refractivity contribution in [2.45, 2.75) is 32.4 Å². The highest BCUT2D eigenvalue weighted by Crippen LogP contribution is 2.24. The number of piperidine rings is 1. The maximum absolute atomic E-state index is 13.0. The summed E-state index contributed by atoms with van der Waals surface area (Å²) in [6.45, 7) is 6.92. The minimum atomic E-state index is -0.00300. The molecule has 1 amide bonds. The molecule has 0 N–H and O–H groups in total. The summed E-state index contributed by atoms with van der Waals surface area (Å²) in [7, 11) is 0. The summed E-state index contributed by atoms with van der Waals surface area (Å²) in [6, 6.07) is 10.0. The molecule has 0 aliphatic carbocycles. The Kier molecular flexibility index (Phi) is 4.99. The molecule has 0 spiro atoms. The van der Waals surface area contributed by atoms with E-state index < -0.39 is 0 Å².